The lowest BCUT2D eigenvalue weighted by Gasteiger charge is -2.36. The van der Waals surface area contributed by atoms with E-state index in [1.165, 1.54) is 0 Å². The zero-order valence-corrected chi connectivity index (χ0v) is 12.2. The highest BCUT2D eigenvalue weighted by Crippen LogP contribution is 2.45. The monoisotopic (exact) mass is 259 g/mol. The number of amides is 1. The third-order valence-corrected chi connectivity index (χ3v) is 3.49. The molecule has 0 aliphatic carbocycles. The van der Waals surface area contributed by atoms with E-state index in [0.717, 1.165) is 0 Å². The molecule has 5 heteroatoms. The average Bonchev–Trinajstić information content (AvgIpc) is 2.78. The van der Waals surface area contributed by atoms with Crippen molar-refractivity contribution in [1.29, 1.82) is 0 Å². The summed E-state index contributed by atoms with van der Waals surface area (Å²) in [4.78, 5) is 22.7. The lowest BCUT2D eigenvalue weighted by molar-refractivity contribution is -0.153. The number of rotatable bonds is 1. The minimum absolute atomic E-state index is 0.109. The predicted octanol–water partition coefficient (Wildman–Crippen LogP) is 1.24. The van der Waals surface area contributed by atoms with Crippen LogP contribution in [0.2, 0.25) is 0 Å². The number of hydrogen-bond donors (Lipinski definition) is 2. The maximum absolute atomic E-state index is 11.5. The van der Waals surface area contributed by atoms with Crippen LogP contribution in [0.1, 0.15) is 48.0 Å². The van der Waals surface area contributed by atoms with Gasteiger partial charge in [0.15, 0.2) is 0 Å². The molecule has 0 bridgehead atoms. The number of aliphatic hydroxyl groups excluding tert-OH is 1. The minimum Gasteiger partial charge on any atom is -0.456 e. The van der Waals surface area contributed by atoms with Gasteiger partial charge >= 0.3 is 5.97 Å². The molecule has 18 heavy (non-hydrogen) atoms. The summed E-state index contributed by atoms with van der Waals surface area (Å²) in [5, 5.41) is 11.9. The van der Waals surface area contributed by atoms with Gasteiger partial charge in [-0.1, -0.05) is 27.7 Å². The van der Waals surface area contributed by atoms with Gasteiger partial charge in [0, 0.05) is 0 Å². The second kappa shape index (κ2) is 6.18. The van der Waals surface area contributed by atoms with Crippen LogP contribution in [0.3, 0.4) is 0 Å². The summed E-state index contributed by atoms with van der Waals surface area (Å²) in [5.74, 6) is -1.05. The molecule has 0 aromatic carbocycles. The van der Waals surface area contributed by atoms with Crippen molar-refractivity contribution in [2.24, 2.45) is 5.92 Å². The van der Waals surface area contributed by atoms with Gasteiger partial charge in [-0.25, -0.2) is 0 Å². The molecule has 2 heterocycles. The summed E-state index contributed by atoms with van der Waals surface area (Å²) >= 11 is 0. The topological polar surface area (TPSA) is 75.6 Å². The summed E-state index contributed by atoms with van der Waals surface area (Å²) in [5.41, 5.74) is -1.77. The van der Waals surface area contributed by atoms with Gasteiger partial charge in [0.2, 0.25) is 5.91 Å². The van der Waals surface area contributed by atoms with Crippen LogP contribution in [0.5, 0.6) is 0 Å². The molecule has 2 fully saturated rings. The summed E-state index contributed by atoms with van der Waals surface area (Å²) in [6, 6.07) is 0. The van der Waals surface area contributed by atoms with Gasteiger partial charge in [-0.3, -0.25) is 9.59 Å². The normalized spacial score (nSPS) is 36.5. The minimum atomic E-state index is -0.907. The van der Waals surface area contributed by atoms with Crippen molar-refractivity contribution in [3.05, 3.63) is 0 Å². The third kappa shape index (κ3) is 2.36. The number of carbonyl (C=O) groups excluding carboxylic acids is 2. The molecule has 0 aromatic heterocycles. The van der Waals surface area contributed by atoms with Crippen molar-refractivity contribution in [2.45, 2.75) is 59.1 Å². The molecule has 3 unspecified atom stereocenters. The highest BCUT2D eigenvalue weighted by atomic mass is 16.6. The van der Waals surface area contributed by atoms with E-state index >= 15 is 0 Å². The fourth-order valence-electron chi connectivity index (χ4n) is 2.23. The molecule has 2 aliphatic rings. The molecule has 2 aliphatic heterocycles. The zero-order chi connectivity index (χ0) is 14.6. The van der Waals surface area contributed by atoms with Crippen LogP contribution < -0.4 is 5.32 Å². The zero-order valence-electron chi connectivity index (χ0n) is 12.2. The largest absolute Gasteiger partial charge is 0.456 e. The number of aliphatic hydroxyl groups is 1. The first-order chi connectivity index (χ1) is 8.43. The van der Waals surface area contributed by atoms with E-state index in [1.807, 2.05) is 27.7 Å². The van der Waals surface area contributed by atoms with Gasteiger partial charge in [-0.2, -0.15) is 0 Å². The van der Waals surface area contributed by atoms with Crippen molar-refractivity contribution in [3.63, 3.8) is 0 Å². The molecule has 3 atom stereocenters. The van der Waals surface area contributed by atoms with E-state index in [-0.39, 0.29) is 24.9 Å². The number of hydrogen-bond acceptors (Lipinski definition) is 4. The van der Waals surface area contributed by atoms with E-state index in [1.54, 1.807) is 13.8 Å². The van der Waals surface area contributed by atoms with Crippen LogP contribution in [-0.2, 0) is 14.3 Å². The Bertz CT molecular complexity index is 318. The van der Waals surface area contributed by atoms with Gasteiger partial charge in [0.1, 0.15) is 11.1 Å². The highest BCUT2D eigenvalue weighted by molar-refractivity contribution is 5.91. The summed E-state index contributed by atoms with van der Waals surface area (Å²) in [6.07, 6.45) is 0.109. The van der Waals surface area contributed by atoms with Crippen LogP contribution >= 0.6 is 0 Å². The Morgan fingerprint density at radius 3 is 2.22 bits per heavy atom. The highest BCUT2D eigenvalue weighted by Gasteiger charge is 2.65. The summed E-state index contributed by atoms with van der Waals surface area (Å²) in [7, 11) is 0. The summed E-state index contributed by atoms with van der Waals surface area (Å²) in [6.45, 7) is 11.1. The lowest BCUT2D eigenvalue weighted by atomic mass is 9.79. The SMILES string of the molecule is CC.CC.CC1(CO)NC(=O)C2CC(=O)OC21C. The van der Waals surface area contributed by atoms with Crippen molar-refractivity contribution in [1.82, 2.24) is 5.32 Å². The Morgan fingerprint density at radius 2 is 1.78 bits per heavy atom. The molecule has 1 amide bonds. The van der Waals surface area contributed by atoms with Gasteiger partial charge in [-0.05, 0) is 13.8 Å². The standard InChI is InChI=1S/C9H13NO4.2C2H6/c1-8(4-11)9(2)5(7(13)10-8)3-6(12)14-9;2*1-2/h5,11H,3-4H2,1-2H3,(H,10,13);2*1-2H3. The molecule has 0 spiro atoms. The van der Waals surface area contributed by atoms with Gasteiger partial charge in [-0.15, -0.1) is 0 Å². The van der Waals surface area contributed by atoms with E-state index in [4.69, 9.17) is 4.74 Å². The third-order valence-electron chi connectivity index (χ3n) is 3.49. The molecular weight excluding hydrogens is 234 g/mol. The van der Waals surface area contributed by atoms with Crippen LogP contribution in [0.15, 0.2) is 0 Å². The first kappa shape index (κ1) is 16.9. The van der Waals surface area contributed by atoms with Crippen molar-refractivity contribution in [2.75, 3.05) is 6.61 Å². The lowest BCUT2D eigenvalue weighted by Crippen LogP contribution is -2.57. The number of nitrogens with one attached hydrogen (secondary N) is 1. The molecular formula is C13H25NO4. The molecule has 2 rings (SSSR count). The van der Waals surface area contributed by atoms with Gasteiger partial charge in [0.05, 0.1) is 18.9 Å². The second-order valence-corrected chi connectivity index (χ2v) is 4.32. The first-order valence-electron chi connectivity index (χ1n) is 6.58. The predicted molar refractivity (Wildman–Crippen MR) is 68.9 cm³/mol. The Kier molecular flexibility index (Phi) is 5.80. The molecule has 0 aromatic rings. The van der Waals surface area contributed by atoms with Gasteiger partial charge < -0.3 is 15.2 Å². The maximum atomic E-state index is 11.5. The van der Waals surface area contributed by atoms with E-state index in [2.05, 4.69) is 5.32 Å². The maximum Gasteiger partial charge on any atom is 0.307 e. The molecule has 0 radical (unpaired) electrons. The van der Waals surface area contributed by atoms with Crippen LogP contribution in [0.4, 0.5) is 0 Å². The van der Waals surface area contributed by atoms with Crippen molar-refractivity contribution >= 4 is 11.9 Å². The summed E-state index contributed by atoms with van der Waals surface area (Å²) < 4.78 is 5.17. The Hall–Kier alpha value is -1.10. The van der Waals surface area contributed by atoms with Crippen LogP contribution in [0, 0.1) is 5.92 Å². The quantitative estimate of drug-likeness (QED) is 0.695. The number of esters is 1. The Morgan fingerprint density at radius 1 is 1.28 bits per heavy atom. The van der Waals surface area contributed by atoms with Gasteiger partial charge in [0.25, 0.3) is 0 Å². The second-order valence-electron chi connectivity index (χ2n) is 4.32. The molecule has 2 N–H and O–H groups in total. The number of ether oxygens (including phenoxy) is 1. The fourth-order valence-corrected chi connectivity index (χ4v) is 2.23. The Balaban J connectivity index is 0.000000659. The average molecular weight is 259 g/mol. The molecule has 106 valence electrons. The van der Waals surface area contributed by atoms with Crippen LogP contribution in [0.25, 0.3) is 0 Å². The number of carbonyl (C=O) groups is 2. The molecule has 2 saturated heterocycles. The molecule has 0 saturated carbocycles. The van der Waals surface area contributed by atoms with Crippen molar-refractivity contribution < 1.29 is 19.4 Å². The van der Waals surface area contributed by atoms with E-state index < -0.39 is 17.1 Å². The fraction of sp³-hybridized carbons (Fsp3) is 0.846. The van der Waals surface area contributed by atoms with Crippen molar-refractivity contribution in [3.8, 4) is 0 Å². The van der Waals surface area contributed by atoms with Crippen LogP contribution in [-0.4, -0.2) is 34.7 Å². The molecule has 5 nitrogen and oxygen atoms in total. The smallest absolute Gasteiger partial charge is 0.307 e. The van der Waals surface area contributed by atoms with E-state index in [9.17, 15) is 14.7 Å². The Labute approximate surface area is 109 Å². The number of fused-ring (bicyclic) bond motifs is 1. The first-order valence-corrected chi connectivity index (χ1v) is 6.58. The van der Waals surface area contributed by atoms with E-state index in [0.29, 0.717) is 0 Å².